The lowest BCUT2D eigenvalue weighted by Gasteiger charge is -2.25. The Kier molecular flexibility index (Phi) is 5.45. The van der Waals surface area contributed by atoms with Gasteiger partial charge < -0.3 is 10.1 Å². The molecule has 1 fully saturated rings. The summed E-state index contributed by atoms with van der Waals surface area (Å²) < 4.78 is 5.30. The van der Waals surface area contributed by atoms with Crippen LogP contribution in [0.5, 0.6) is 0 Å². The lowest BCUT2D eigenvalue weighted by Crippen LogP contribution is -2.40. The zero-order valence-corrected chi connectivity index (χ0v) is 9.75. The van der Waals surface area contributed by atoms with Crippen LogP contribution in [0, 0.1) is 0 Å². The number of hydrogen-bond donors (Lipinski definition) is 1. The molecule has 1 saturated heterocycles. The molecule has 0 radical (unpaired) electrons. The molecule has 3 heteroatoms. The molecule has 14 heavy (non-hydrogen) atoms. The molecule has 1 rings (SSSR count). The molecule has 0 aromatic carbocycles. The summed E-state index contributed by atoms with van der Waals surface area (Å²) in [6.45, 7) is 8.99. The second-order valence-corrected chi connectivity index (χ2v) is 4.22. The van der Waals surface area contributed by atoms with Crippen molar-refractivity contribution in [2.24, 2.45) is 0 Å². The van der Waals surface area contributed by atoms with Gasteiger partial charge in [0.05, 0.1) is 6.10 Å². The van der Waals surface area contributed by atoms with E-state index in [2.05, 4.69) is 24.1 Å². The first kappa shape index (κ1) is 12.0. The molecule has 0 aliphatic carbocycles. The first-order chi connectivity index (χ1) is 6.76. The number of hydrogen-bond acceptors (Lipinski definition) is 3. The van der Waals surface area contributed by atoms with Gasteiger partial charge in [-0.25, -0.2) is 0 Å². The average molecular weight is 200 g/mol. The molecule has 1 aliphatic rings. The first-order valence-corrected chi connectivity index (χ1v) is 5.74. The van der Waals surface area contributed by atoms with Gasteiger partial charge in [0.15, 0.2) is 0 Å². The largest absolute Gasteiger partial charge is 0.380 e. The van der Waals surface area contributed by atoms with Gasteiger partial charge in [-0.2, -0.15) is 0 Å². The molecule has 0 aromatic heterocycles. The highest BCUT2D eigenvalue weighted by Gasteiger charge is 2.17. The van der Waals surface area contributed by atoms with Gasteiger partial charge in [0.2, 0.25) is 0 Å². The summed E-state index contributed by atoms with van der Waals surface area (Å²) >= 11 is 0. The zero-order valence-electron chi connectivity index (χ0n) is 9.75. The summed E-state index contributed by atoms with van der Waals surface area (Å²) in [5.41, 5.74) is 0. The van der Waals surface area contributed by atoms with Gasteiger partial charge in [0.1, 0.15) is 0 Å². The summed E-state index contributed by atoms with van der Waals surface area (Å²) in [6.07, 6.45) is 2.83. The Bertz CT molecular complexity index is 152. The number of nitrogens with one attached hydrogen (secondary N) is 1. The third-order valence-corrected chi connectivity index (χ3v) is 2.97. The number of methoxy groups -OCH3 is 1. The zero-order chi connectivity index (χ0) is 10.4. The molecule has 1 N–H and O–H groups in total. The monoisotopic (exact) mass is 200 g/mol. The third kappa shape index (κ3) is 3.95. The van der Waals surface area contributed by atoms with Crippen molar-refractivity contribution in [2.75, 3.05) is 33.3 Å². The summed E-state index contributed by atoms with van der Waals surface area (Å²) in [4.78, 5) is 2.52. The topological polar surface area (TPSA) is 24.5 Å². The van der Waals surface area contributed by atoms with Gasteiger partial charge in [-0.1, -0.05) is 6.92 Å². The maximum Gasteiger partial charge on any atom is 0.0670 e. The molecule has 2 unspecified atom stereocenters. The molecular weight excluding hydrogens is 176 g/mol. The van der Waals surface area contributed by atoms with Crippen molar-refractivity contribution in [3.8, 4) is 0 Å². The molecule has 0 aromatic rings. The standard InChI is InChI=1S/C11H24N2O/c1-4-11-9-13(7-5-6-12-11)8-10(2)14-3/h10-12H,4-9H2,1-3H3. The first-order valence-electron chi connectivity index (χ1n) is 5.74. The minimum atomic E-state index is 0.352. The van der Waals surface area contributed by atoms with Crippen molar-refractivity contribution < 1.29 is 4.74 Å². The third-order valence-electron chi connectivity index (χ3n) is 2.97. The van der Waals surface area contributed by atoms with Gasteiger partial charge in [-0.05, 0) is 32.9 Å². The molecule has 0 amide bonds. The smallest absolute Gasteiger partial charge is 0.0670 e. The molecule has 3 nitrogen and oxygen atoms in total. The maximum atomic E-state index is 5.30. The second-order valence-electron chi connectivity index (χ2n) is 4.22. The van der Waals surface area contributed by atoms with Crippen molar-refractivity contribution in [3.63, 3.8) is 0 Å². The van der Waals surface area contributed by atoms with Crippen molar-refractivity contribution in [2.45, 2.75) is 38.8 Å². The number of rotatable bonds is 4. The van der Waals surface area contributed by atoms with Gasteiger partial charge in [-0.3, -0.25) is 4.90 Å². The van der Waals surface area contributed by atoms with Crippen LogP contribution in [0.1, 0.15) is 26.7 Å². The maximum absolute atomic E-state index is 5.30. The van der Waals surface area contributed by atoms with Crippen LogP contribution in [0.25, 0.3) is 0 Å². The summed E-state index contributed by atoms with van der Waals surface area (Å²) in [5.74, 6) is 0. The van der Waals surface area contributed by atoms with E-state index in [0.29, 0.717) is 12.1 Å². The SMILES string of the molecule is CCC1CN(CC(C)OC)CCCN1. The molecule has 0 saturated carbocycles. The highest BCUT2D eigenvalue weighted by atomic mass is 16.5. The van der Waals surface area contributed by atoms with Crippen molar-refractivity contribution in [1.29, 1.82) is 0 Å². The number of ether oxygens (including phenoxy) is 1. The number of nitrogens with zero attached hydrogens (tertiary/aromatic N) is 1. The van der Waals surface area contributed by atoms with E-state index in [1.807, 2.05) is 0 Å². The van der Waals surface area contributed by atoms with E-state index in [9.17, 15) is 0 Å². The van der Waals surface area contributed by atoms with E-state index in [1.165, 1.54) is 25.9 Å². The Balaban J connectivity index is 2.34. The van der Waals surface area contributed by atoms with Crippen LogP contribution in [0.3, 0.4) is 0 Å². The molecule has 1 heterocycles. The van der Waals surface area contributed by atoms with Crippen LogP contribution >= 0.6 is 0 Å². The molecule has 0 bridgehead atoms. The van der Waals surface area contributed by atoms with Crippen LogP contribution in [0.4, 0.5) is 0 Å². The fourth-order valence-corrected chi connectivity index (χ4v) is 1.95. The van der Waals surface area contributed by atoms with Crippen molar-refractivity contribution >= 4 is 0 Å². The van der Waals surface area contributed by atoms with Crippen LogP contribution in [-0.4, -0.2) is 50.3 Å². The Hall–Kier alpha value is -0.120. The Morgan fingerprint density at radius 1 is 1.57 bits per heavy atom. The lowest BCUT2D eigenvalue weighted by atomic mass is 10.2. The summed E-state index contributed by atoms with van der Waals surface area (Å²) in [7, 11) is 1.79. The van der Waals surface area contributed by atoms with Crippen molar-refractivity contribution in [1.82, 2.24) is 10.2 Å². The quantitative estimate of drug-likeness (QED) is 0.735. The second kappa shape index (κ2) is 6.38. The van der Waals surface area contributed by atoms with Gasteiger partial charge in [0, 0.05) is 26.2 Å². The predicted octanol–water partition coefficient (Wildman–Crippen LogP) is 1.10. The molecule has 84 valence electrons. The van der Waals surface area contributed by atoms with Gasteiger partial charge >= 0.3 is 0 Å². The van der Waals surface area contributed by atoms with E-state index in [-0.39, 0.29) is 0 Å². The van der Waals surface area contributed by atoms with Crippen LogP contribution in [-0.2, 0) is 4.74 Å². The molecule has 1 aliphatic heterocycles. The van der Waals surface area contributed by atoms with Gasteiger partial charge in [-0.15, -0.1) is 0 Å². The van der Waals surface area contributed by atoms with E-state index < -0.39 is 0 Å². The van der Waals surface area contributed by atoms with Crippen LogP contribution in [0.2, 0.25) is 0 Å². The average Bonchev–Trinajstić information content (AvgIpc) is 2.42. The fourth-order valence-electron chi connectivity index (χ4n) is 1.95. The van der Waals surface area contributed by atoms with Crippen molar-refractivity contribution in [3.05, 3.63) is 0 Å². The Morgan fingerprint density at radius 3 is 3.00 bits per heavy atom. The lowest BCUT2D eigenvalue weighted by molar-refractivity contribution is 0.0763. The van der Waals surface area contributed by atoms with E-state index in [0.717, 1.165) is 13.1 Å². The molecular formula is C11H24N2O. The van der Waals surface area contributed by atoms with Crippen LogP contribution < -0.4 is 5.32 Å². The molecule has 0 spiro atoms. The minimum Gasteiger partial charge on any atom is -0.380 e. The summed E-state index contributed by atoms with van der Waals surface area (Å²) in [6, 6.07) is 0.668. The fraction of sp³-hybridized carbons (Fsp3) is 1.00. The van der Waals surface area contributed by atoms with E-state index in [4.69, 9.17) is 4.74 Å². The highest BCUT2D eigenvalue weighted by molar-refractivity contribution is 4.76. The van der Waals surface area contributed by atoms with Crippen LogP contribution in [0.15, 0.2) is 0 Å². The van der Waals surface area contributed by atoms with E-state index in [1.54, 1.807) is 7.11 Å². The Morgan fingerprint density at radius 2 is 2.36 bits per heavy atom. The summed E-state index contributed by atoms with van der Waals surface area (Å²) in [5, 5.41) is 3.57. The molecule has 2 atom stereocenters. The minimum absolute atomic E-state index is 0.352. The predicted molar refractivity (Wildman–Crippen MR) is 59.6 cm³/mol. The normalized spacial score (nSPS) is 27.2. The highest BCUT2D eigenvalue weighted by Crippen LogP contribution is 2.05. The Labute approximate surface area is 87.8 Å². The van der Waals surface area contributed by atoms with Gasteiger partial charge in [0.25, 0.3) is 0 Å². The van der Waals surface area contributed by atoms with E-state index >= 15 is 0 Å².